The van der Waals surface area contributed by atoms with Gasteiger partial charge in [0.2, 0.25) is 0 Å². The minimum absolute atomic E-state index is 0.260. The molecule has 0 aliphatic carbocycles. The Kier molecular flexibility index (Phi) is 6.04. The third-order valence-corrected chi connectivity index (χ3v) is 5.08. The molecule has 0 saturated carbocycles. The second-order valence-corrected chi connectivity index (χ2v) is 6.91. The van der Waals surface area contributed by atoms with Crippen molar-refractivity contribution in [2.24, 2.45) is 5.92 Å². The molecule has 1 aromatic rings. The smallest absolute Gasteiger partial charge is 0.134 e. The third-order valence-electron chi connectivity index (χ3n) is 5.08. The van der Waals surface area contributed by atoms with E-state index in [1.165, 1.54) is 0 Å². The van der Waals surface area contributed by atoms with Gasteiger partial charge in [0.05, 0.1) is 0 Å². The fraction of sp³-hybridized carbons (Fsp3) is 0.667. The summed E-state index contributed by atoms with van der Waals surface area (Å²) in [5.74, 6) is 2.24. The minimum atomic E-state index is 0.260. The highest BCUT2D eigenvalue weighted by molar-refractivity contribution is 5.49. The molecule has 3 heterocycles. The van der Waals surface area contributed by atoms with Crippen LogP contribution < -0.4 is 10.2 Å². The van der Waals surface area contributed by atoms with Crippen molar-refractivity contribution in [2.75, 3.05) is 49.5 Å². The van der Waals surface area contributed by atoms with Crippen LogP contribution in [0.15, 0.2) is 25.0 Å². The molecule has 1 unspecified atom stereocenters. The summed E-state index contributed by atoms with van der Waals surface area (Å²) >= 11 is 0. The van der Waals surface area contributed by atoms with Crippen LogP contribution in [0.2, 0.25) is 0 Å². The van der Waals surface area contributed by atoms with Gasteiger partial charge in [-0.2, -0.15) is 0 Å². The van der Waals surface area contributed by atoms with Crippen molar-refractivity contribution in [3.8, 4) is 0 Å². The van der Waals surface area contributed by atoms with E-state index in [4.69, 9.17) is 0 Å². The molecule has 0 spiro atoms. The van der Waals surface area contributed by atoms with Gasteiger partial charge in [0.1, 0.15) is 18.0 Å². The summed E-state index contributed by atoms with van der Waals surface area (Å²) in [6.45, 7) is 9.14. The lowest BCUT2D eigenvalue weighted by Gasteiger charge is -2.33. The number of hydrogen-bond donors (Lipinski definition) is 2. The van der Waals surface area contributed by atoms with Crippen LogP contribution >= 0.6 is 0 Å². The summed E-state index contributed by atoms with van der Waals surface area (Å²) in [7, 11) is 0. The first kappa shape index (κ1) is 17.2. The number of aromatic nitrogens is 2. The van der Waals surface area contributed by atoms with Crippen molar-refractivity contribution in [3.63, 3.8) is 0 Å². The van der Waals surface area contributed by atoms with E-state index >= 15 is 0 Å². The van der Waals surface area contributed by atoms with Crippen LogP contribution in [0.25, 0.3) is 0 Å². The molecule has 2 N–H and O–H groups in total. The van der Waals surface area contributed by atoms with Gasteiger partial charge in [-0.3, -0.25) is 4.90 Å². The van der Waals surface area contributed by atoms with Gasteiger partial charge in [-0.15, -0.1) is 6.58 Å². The number of hydrogen-bond acceptors (Lipinski definition) is 6. The van der Waals surface area contributed by atoms with Crippen LogP contribution in [0, 0.1) is 5.92 Å². The monoisotopic (exact) mass is 331 g/mol. The number of aliphatic hydroxyl groups excluding tert-OH is 1. The number of nitrogens with one attached hydrogen (secondary N) is 1. The Bertz CT molecular complexity index is 530. The zero-order valence-corrected chi connectivity index (χ0v) is 14.4. The Balaban J connectivity index is 1.56. The first-order valence-corrected chi connectivity index (χ1v) is 9.06. The summed E-state index contributed by atoms with van der Waals surface area (Å²) in [5.41, 5.74) is 0. The standard InChI is InChI=1S/C18H29N5O/c1-2-7-22-9-5-16(6-10-22)21-17-11-18(20-14-19-17)23-8-3-4-15(12-23)13-24/h2,11,14-16,24H,1,3-10,12-13H2,(H,19,20,21). The lowest BCUT2D eigenvalue weighted by Crippen LogP contribution is -2.39. The number of anilines is 2. The molecule has 24 heavy (non-hydrogen) atoms. The highest BCUT2D eigenvalue weighted by Crippen LogP contribution is 2.23. The van der Waals surface area contributed by atoms with Crippen LogP contribution in [-0.4, -0.2) is 65.3 Å². The van der Waals surface area contributed by atoms with Crippen LogP contribution in [0.4, 0.5) is 11.6 Å². The van der Waals surface area contributed by atoms with Crippen LogP contribution in [0.1, 0.15) is 25.7 Å². The number of nitrogens with zero attached hydrogens (tertiary/aromatic N) is 4. The molecule has 0 amide bonds. The lowest BCUT2D eigenvalue weighted by molar-refractivity contribution is 0.208. The van der Waals surface area contributed by atoms with E-state index in [1.807, 2.05) is 6.08 Å². The van der Waals surface area contributed by atoms with E-state index in [-0.39, 0.29) is 6.61 Å². The number of aliphatic hydroxyl groups is 1. The molecule has 0 aromatic carbocycles. The summed E-state index contributed by atoms with van der Waals surface area (Å²) in [6, 6.07) is 2.52. The number of rotatable bonds is 6. The summed E-state index contributed by atoms with van der Waals surface area (Å²) < 4.78 is 0. The Hall–Kier alpha value is -1.66. The fourth-order valence-corrected chi connectivity index (χ4v) is 3.67. The SMILES string of the molecule is C=CCN1CCC(Nc2cc(N3CCCC(CO)C3)ncn2)CC1. The average Bonchev–Trinajstić information content (AvgIpc) is 2.64. The van der Waals surface area contributed by atoms with E-state index in [2.05, 4.69) is 37.7 Å². The molecule has 2 aliphatic rings. The normalized spacial score (nSPS) is 23.2. The van der Waals surface area contributed by atoms with Gasteiger partial charge in [0, 0.05) is 51.4 Å². The van der Waals surface area contributed by atoms with E-state index < -0.39 is 0 Å². The maximum absolute atomic E-state index is 9.40. The maximum Gasteiger partial charge on any atom is 0.134 e. The van der Waals surface area contributed by atoms with Gasteiger partial charge in [-0.05, 0) is 31.6 Å². The molecule has 1 atom stereocenters. The summed E-state index contributed by atoms with van der Waals surface area (Å²) in [6.07, 6.45) is 8.09. The van der Waals surface area contributed by atoms with Crippen molar-refractivity contribution in [1.82, 2.24) is 14.9 Å². The molecule has 2 saturated heterocycles. The van der Waals surface area contributed by atoms with Crippen molar-refractivity contribution >= 4 is 11.6 Å². The molecule has 3 rings (SSSR count). The number of likely N-dealkylation sites (tertiary alicyclic amines) is 1. The molecule has 0 bridgehead atoms. The van der Waals surface area contributed by atoms with Crippen molar-refractivity contribution in [1.29, 1.82) is 0 Å². The molecule has 6 heteroatoms. The van der Waals surface area contributed by atoms with Gasteiger partial charge >= 0.3 is 0 Å². The summed E-state index contributed by atoms with van der Waals surface area (Å²) in [4.78, 5) is 13.5. The molecular formula is C18H29N5O. The number of piperidine rings is 2. The Morgan fingerprint density at radius 2 is 2.08 bits per heavy atom. The Morgan fingerprint density at radius 1 is 1.25 bits per heavy atom. The van der Waals surface area contributed by atoms with E-state index in [0.717, 1.165) is 70.0 Å². The van der Waals surface area contributed by atoms with Gasteiger partial charge in [-0.1, -0.05) is 6.08 Å². The summed E-state index contributed by atoms with van der Waals surface area (Å²) in [5, 5.41) is 13.0. The predicted octanol–water partition coefficient (Wildman–Crippen LogP) is 1.75. The van der Waals surface area contributed by atoms with Crippen molar-refractivity contribution in [2.45, 2.75) is 31.7 Å². The van der Waals surface area contributed by atoms with Crippen molar-refractivity contribution < 1.29 is 5.11 Å². The Labute approximate surface area is 144 Å². The maximum atomic E-state index is 9.40. The lowest BCUT2D eigenvalue weighted by atomic mass is 9.99. The van der Waals surface area contributed by atoms with Gasteiger partial charge in [0.25, 0.3) is 0 Å². The largest absolute Gasteiger partial charge is 0.396 e. The van der Waals surface area contributed by atoms with E-state index in [1.54, 1.807) is 6.33 Å². The highest BCUT2D eigenvalue weighted by atomic mass is 16.3. The molecule has 0 radical (unpaired) electrons. The first-order chi connectivity index (χ1) is 11.8. The van der Waals surface area contributed by atoms with Crippen LogP contribution in [0.5, 0.6) is 0 Å². The minimum Gasteiger partial charge on any atom is -0.396 e. The van der Waals surface area contributed by atoms with Gasteiger partial charge in [0.15, 0.2) is 0 Å². The molecule has 6 nitrogen and oxygen atoms in total. The molecule has 2 fully saturated rings. The van der Waals surface area contributed by atoms with Crippen LogP contribution in [-0.2, 0) is 0 Å². The van der Waals surface area contributed by atoms with Crippen molar-refractivity contribution in [3.05, 3.63) is 25.0 Å². The Morgan fingerprint density at radius 3 is 2.83 bits per heavy atom. The third kappa shape index (κ3) is 4.45. The quantitative estimate of drug-likeness (QED) is 0.774. The zero-order chi connectivity index (χ0) is 16.8. The van der Waals surface area contributed by atoms with E-state index in [9.17, 15) is 5.11 Å². The first-order valence-electron chi connectivity index (χ1n) is 9.06. The van der Waals surface area contributed by atoms with Gasteiger partial charge < -0.3 is 15.3 Å². The topological polar surface area (TPSA) is 64.5 Å². The molecule has 1 aromatic heterocycles. The second kappa shape index (κ2) is 8.44. The van der Waals surface area contributed by atoms with Crippen LogP contribution in [0.3, 0.4) is 0 Å². The molecule has 132 valence electrons. The van der Waals surface area contributed by atoms with E-state index in [0.29, 0.717) is 12.0 Å². The predicted molar refractivity (Wildman–Crippen MR) is 97.3 cm³/mol. The second-order valence-electron chi connectivity index (χ2n) is 6.91. The van der Waals surface area contributed by atoms with Gasteiger partial charge in [-0.25, -0.2) is 9.97 Å². The average molecular weight is 331 g/mol. The molecule has 2 aliphatic heterocycles. The zero-order valence-electron chi connectivity index (χ0n) is 14.4. The fourth-order valence-electron chi connectivity index (χ4n) is 3.67. The molecular weight excluding hydrogens is 302 g/mol. The highest BCUT2D eigenvalue weighted by Gasteiger charge is 2.22.